The topological polar surface area (TPSA) is 80.9 Å². The summed E-state index contributed by atoms with van der Waals surface area (Å²) in [5, 5.41) is 44.1. The summed E-state index contributed by atoms with van der Waals surface area (Å²) >= 11 is 0. The van der Waals surface area contributed by atoms with Gasteiger partial charge in [-0.1, -0.05) is 187 Å². The molecule has 0 saturated heterocycles. The zero-order chi connectivity index (χ0) is 44.7. The Morgan fingerprint density at radius 2 is 0.500 bits per heavy atom. The van der Waals surface area contributed by atoms with E-state index in [2.05, 4.69) is 187 Å². The first-order valence-corrected chi connectivity index (χ1v) is 21.5. The highest BCUT2D eigenvalue weighted by Crippen LogP contribution is 2.44. The molecule has 0 saturated carbocycles. The van der Waals surface area contributed by atoms with Crippen LogP contribution < -0.4 is 0 Å². The first-order valence-electron chi connectivity index (χ1n) is 21.5. The lowest BCUT2D eigenvalue weighted by Crippen LogP contribution is -2.19. The molecule has 4 aromatic carbocycles. The summed E-state index contributed by atoms with van der Waals surface area (Å²) in [5.74, 6) is 1.55. The third-order valence-electron chi connectivity index (χ3n) is 11.3. The molecule has 320 valence electrons. The number of hydrogen-bond donors (Lipinski definition) is 4. The standard InChI is InChI=1S/C29H44O2.C25H36O2/c1-26(2,3)20-14-18(15-21(24(20)30)27(4,5)6)13-19-16-22(28(7,8)9)25(31)23(17-19)29(10,11)12;1-9-16-11-18(22(26)20(13-16)24(3,4)5)15-19-12-17(10-2)14-21(23(19)27)25(6,7)8/h14-17,30-31H,13H2,1-12H3;11-14,26-27H,9-10,15H2,1-8H3. The number of phenolic OH excluding ortho intramolecular Hbond substituents is 4. The molecule has 0 fully saturated rings. The van der Waals surface area contributed by atoms with E-state index in [0.717, 1.165) is 63.8 Å². The van der Waals surface area contributed by atoms with E-state index in [9.17, 15) is 20.4 Å². The lowest BCUT2D eigenvalue weighted by molar-refractivity contribution is 0.422. The molecule has 0 heterocycles. The first kappa shape index (κ1) is 48.4. The molecule has 4 N–H and O–H groups in total. The van der Waals surface area contributed by atoms with Crippen LogP contribution in [0.15, 0.2) is 48.5 Å². The Bertz CT molecular complexity index is 1850. The molecular weight excluding hydrogens is 713 g/mol. The second-order valence-electron chi connectivity index (χ2n) is 22.9. The Kier molecular flexibility index (Phi) is 14.2. The Morgan fingerprint density at radius 1 is 0.293 bits per heavy atom. The monoisotopic (exact) mass is 793 g/mol. The van der Waals surface area contributed by atoms with Crippen LogP contribution in [0.25, 0.3) is 0 Å². The van der Waals surface area contributed by atoms with Gasteiger partial charge in [0.05, 0.1) is 0 Å². The minimum atomic E-state index is -0.151. The molecule has 0 radical (unpaired) electrons. The number of aromatic hydroxyl groups is 4. The fourth-order valence-corrected chi connectivity index (χ4v) is 7.66. The quantitative estimate of drug-likeness (QED) is 0.157. The summed E-state index contributed by atoms with van der Waals surface area (Å²) in [5.41, 5.74) is 11.6. The molecule has 4 nitrogen and oxygen atoms in total. The van der Waals surface area contributed by atoms with Crippen molar-refractivity contribution in [2.45, 2.75) is 197 Å². The zero-order valence-electron chi connectivity index (χ0n) is 40.2. The molecule has 0 aromatic heterocycles. The molecular formula is C54H80O4. The molecule has 4 rings (SSSR count). The van der Waals surface area contributed by atoms with Crippen LogP contribution in [0, 0.1) is 0 Å². The van der Waals surface area contributed by atoms with Crippen molar-refractivity contribution in [3.63, 3.8) is 0 Å². The minimum Gasteiger partial charge on any atom is -0.507 e. The predicted molar refractivity (Wildman–Crippen MR) is 249 cm³/mol. The number of hydrogen-bond acceptors (Lipinski definition) is 4. The highest BCUT2D eigenvalue weighted by molar-refractivity contribution is 5.55. The van der Waals surface area contributed by atoms with Crippen LogP contribution in [0.4, 0.5) is 0 Å². The van der Waals surface area contributed by atoms with Crippen molar-refractivity contribution in [2.75, 3.05) is 0 Å². The first-order chi connectivity index (χ1) is 26.1. The van der Waals surface area contributed by atoms with Crippen LogP contribution >= 0.6 is 0 Å². The highest BCUT2D eigenvalue weighted by Gasteiger charge is 2.30. The summed E-state index contributed by atoms with van der Waals surface area (Å²) in [4.78, 5) is 0. The maximum atomic E-state index is 11.1. The van der Waals surface area contributed by atoms with Crippen molar-refractivity contribution in [2.24, 2.45) is 0 Å². The van der Waals surface area contributed by atoms with Crippen LogP contribution in [0.2, 0.25) is 0 Å². The van der Waals surface area contributed by atoms with Gasteiger partial charge in [-0.3, -0.25) is 0 Å². The average Bonchev–Trinajstić information content (AvgIpc) is 3.05. The van der Waals surface area contributed by atoms with Gasteiger partial charge in [-0.2, -0.15) is 0 Å². The fraction of sp³-hybridized carbons (Fsp3) is 0.556. The number of aryl methyl sites for hydroxylation is 2. The van der Waals surface area contributed by atoms with Crippen molar-refractivity contribution in [1.29, 1.82) is 0 Å². The van der Waals surface area contributed by atoms with Crippen LogP contribution in [0.3, 0.4) is 0 Å². The Balaban J connectivity index is 0.000000313. The zero-order valence-corrected chi connectivity index (χ0v) is 40.2. The molecule has 0 aliphatic carbocycles. The molecule has 0 atom stereocenters. The maximum absolute atomic E-state index is 11.1. The molecule has 4 heteroatoms. The predicted octanol–water partition coefficient (Wildman–Crippen LogP) is 14.3. The van der Waals surface area contributed by atoms with E-state index in [1.54, 1.807) is 0 Å². The lowest BCUT2D eigenvalue weighted by Gasteiger charge is -2.29. The molecule has 0 bridgehead atoms. The van der Waals surface area contributed by atoms with Crippen LogP contribution in [0.1, 0.15) is 205 Å². The third-order valence-corrected chi connectivity index (χ3v) is 11.3. The smallest absolute Gasteiger partial charge is 0.123 e. The summed E-state index contributed by atoms with van der Waals surface area (Å²) < 4.78 is 0. The van der Waals surface area contributed by atoms with Crippen LogP contribution in [-0.4, -0.2) is 20.4 Å². The fourth-order valence-electron chi connectivity index (χ4n) is 7.66. The van der Waals surface area contributed by atoms with Gasteiger partial charge in [-0.15, -0.1) is 0 Å². The van der Waals surface area contributed by atoms with Gasteiger partial charge in [-0.25, -0.2) is 0 Å². The second kappa shape index (κ2) is 17.0. The molecule has 0 amide bonds. The van der Waals surface area contributed by atoms with Crippen LogP contribution in [0.5, 0.6) is 23.0 Å². The Labute approximate surface area is 354 Å². The van der Waals surface area contributed by atoms with E-state index in [-0.39, 0.29) is 32.5 Å². The molecule has 0 unspecified atom stereocenters. The second-order valence-corrected chi connectivity index (χ2v) is 22.9. The Morgan fingerprint density at radius 3 is 0.707 bits per heavy atom. The third kappa shape index (κ3) is 11.6. The summed E-state index contributed by atoms with van der Waals surface area (Å²) in [6, 6.07) is 17.0. The summed E-state index contributed by atoms with van der Waals surface area (Å²) in [6.07, 6.45) is 3.14. The average molecular weight is 793 g/mol. The molecule has 58 heavy (non-hydrogen) atoms. The number of phenols is 4. The minimum absolute atomic E-state index is 0.131. The number of benzene rings is 4. The van der Waals surface area contributed by atoms with Crippen molar-refractivity contribution in [3.05, 3.63) is 115 Å². The van der Waals surface area contributed by atoms with Gasteiger partial charge in [0.25, 0.3) is 0 Å². The van der Waals surface area contributed by atoms with Crippen molar-refractivity contribution in [1.82, 2.24) is 0 Å². The maximum Gasteiger partial charge on any atom is 0.123 e. The van der Waals surface area contributed by atoms with Gasteiger partial charge in [0.1, 0.15) is 23.0 Å². The summed E-state index contributed by atoms with van der Waals surface area (Å²) in [7, 11) is 0. The van der Waals surface area contributed by atoms with Crippen molar-refractivity contribution >= 4 is 0 Å². The molecule has 0 aliphatic rings. The van der Waals surface area contributed by atoms with Gasteiger partial charge >= 0.3 is 0 Å². The van der Waals surface area contributed by atoms with Gasteiger partial charge < -0.3 is 20.4 Å². The molecule has 0 aliphatic heterocycles. The largest absolute Gasteiger partial charge is 0.507 e. The van der Waals surface area contributed by atoms with E-state index in [0.29, 0.717) is 29.4 Å². The van der Waals surface area contributed by atoms with Gasteiger partial charge in [0.2, 0.25) is 0 Å². The lowest BCUT2D eigenvalue weighted by atomic mass is 9.76. The van der Waals surface area contributed by atoms with E-state index < -0.39 is 0 Å². The van der Waals surface area contributed by atoms with E-state index in [1.165, 1.54) is 22.3 Å². The highest BCUT2D eigenvalue weighted by atomic mass is 16.3. The van der Waals surface area contributed by atoms with Crippen molar-refractivity contribution < 1.29 is 20.4 Å². The Hall–Kier alpha value is -3.92. The van der Waals surface area contributed by atoms with Crippen molar-refractivity contribution in [3.8, 4) is 23.0 Å². The van der Waals surface area contributed by atoms with E-state index in [1.807, 2.05) is 0 Å². The number of rotatable bonds is 6. The molecule has 4 aromatic rings. The van der Waals surface area contributed by atoms with Gasteiger partial charge in [0.15, 0.2) is 0 Å². The van der Waals surface area contributed by atoms with Gasteiger partial charge in [-0.05, 0) is 119 Å². The van der Waals surface area contributed by atoms with Gasteiger partial charge in [0, 0.05) is 6.42 Å². The van der Waals surface area contributed by atoms with Crippen LogP contribution in [-0.2, 0) is 58.2 Å². The summed E-state index contributed by atoms with van der Waals surface area (Å²) in [6.45, 7) is 42.8. The normalized spacial score (nSPS) is 13.0. The van der Waals surface area contributed by atoms with E-state index >= 15 is 0 Å². The van der Waals surface area contributed by atoms with E-state index in [4.69, 9.17) is 0 Å². The molecule has 0 spiro atoms. The SMILES string of the molecule is CC(C)(C)c1cc(Cc2cc(C(C)(C)C)c(O)c(C(C)(C)C)c2)cc(C(C)(C)C)c1O.CCc1cc(Cc2cc(CC)cc(C(C)(C)C)c2O)c(O)c(C(C)(C)C)c1.